The molecule has 1 fully saturated rings. The molecular weight excluding hydrogens is 654 g/mol. The molecule has 0 amide bonds. The number of aliphatic hydroxyl groups is 4. The number of H-pyrrole nitrogens is 1. The highest BCUT2D eigenvalue weighted by Gasteiger charge is 2.45. The predicted octanol–water partition coefficient (Wildman–Crippen LogP) is 6.48. The lowest BCUT2D eigenvalue weighted by atomic mass is 9.60. The molecule has 3 aliphatic rings. The van der Waals surface area contributed by atoms with Crippen molar-refractivity contribution in [3.8, 4) is 23.3 Å². The minimum absolute atomic E-state index is 0.0838. The topological polar surface area (TPSA) is 165 Å². The van der Waals surface area contributed by atoms with Crippen molar-refractivity contribution in [2.24, 2.45) is 17.8 Å². The molecule has 6 rings (SSSR count). The van der Waals surface area contributed by atoms with Crippen molar-refractivity contribution in [2.75, 3.05) is 12.3 Å². The molecule has 9 heteroatoms. The van der Waals surface area contributed by atoms with E-state index in [4.69, 9.17) is 10.5 Å². The molecule has 3 aliphatic carbocycles. The van der Waals surface area contributed by atoms with Gasteiger partial charge < -0.3 is 41.0 Å². The second kappa shape index (κ2) is 17.3. The van der Waals surface area contributed by atoms with Gasteiger partial charge in [0.2, 0.25) is 0 Å². The van der Waals surface area contributed by atoms with E-state index >= 15 is 0 Å². The van der Waals surface area contributed by atoms with Crippen LogP contribution in [-0.4, -0.2) is 66.5 Å². The van der Waals surface area contributed by atoms with Crippen molar-refractivity contribution >= 4 is 5.82 Å². The van der Waals surface area contributed by atoms with E-state index in [1.807, 2.05) is 36.5 Å². The third-order valence-corrected chi connectivity index (χ3v) is 12.1. The lowest BCUT2D eigenvalue weighted by Gasteiger charge is -2.45. The number of nitrogens with two attached hydrogens (primary N) is 1. The number of aromatic hydroxyl groups is 1. The number of aromatic nitrogens is 2. The molecule has 3 aromatic rings. The fourth-order valence-corrected chi connectivity index (χ4v) is 9.18. The summed E-state index contributed by atoms with van der Waals surface area (Å²) in [5.41, 5.74) is 8.85. The van der Waals surface area contributed by atoms with Crippen molar-refractivity contribution in [1.82, 2.24) is 9.97 Å². The molecule has 0 aliphatic heterocycles. The number of hydrogen-bond donors (Lipinski definition) is 7. The SMILES string of the molecule is CCC1C#CC2C=CC(c3ccc(O)c(OC(CC(c4ccnc(N)c4)C4(c5ccc[nH]5)CCCCC4)C(O)CO)c3)CC(O)C2C(O)CCCC1. The quantitative estimate of drug-likeness (QED) is 0.0878. The van der Waals surface area contributed by atoms with Gasteiger partial charge >= 0.3 is 0 Å². The number of fused-ring (bicyclic) bond motifs is 1. The number of phenols is 1. The van der Waals surface area contributed by atoms with Crippen molar-refractivity contribution in [1.29, 1.82) is 0 Å². The number of pyridine rings is 1. The fraction of sp³-hybridized carbons (Fsp3) is 0.558. The lowest BCUT2D eigenvalue weighted by molar-refractivity contribution is -0.0139. The van der Waals surface area contributed by atoms with E-state index in [1.165, 1.54) is 0 Å². The van der Waals surface area contributed by atoms with Gasteiger partial charge in [-0.2, -0.15) is 0 Å². The summed E-state index contributed by atoms with van der Waals surface area (Å²) in [6.45, 7) is 1.64. The molecule has 0 saturated heterocycles. The van der Waals surface area contributed by atoms with E-state index in [-0.39, 0.29) is 34.7 Å². The Kier molecular flexibility index (Phi) is 12.7. The lowest BCUT2D eigenvalue weighted by Crippen LogP contribution is -2.43. The van der Waals surface area contributed by atoms with Crippen LogP contribution in [0.15, 0.2) is 67.0 Å². The number of rotatable bonds is 11. The predicted molar refractivity (Wildman–Crippen MR) is 203 cm³/mol. The van der Waals surface area contributed by atoms with Gasteiger partial charge in [-0.15, -0.1) is 0 Å². The van der Waals surface area contributed by atoms with Crippen LogP contribution in [0.4, 0.5) is 5.82 Å². The third kappa shape index (κ3) is 8.52. The van der Waals surface area contributed by atoms with Gasteiger partial charge in [-0.05, 0) is 98.4 Å². The summed E-state index contributed by atoms with van der Waals surface area (Å²) in [6, 6.07) is 13.2. The Morgan fingerprint density at radius 3 is 2.54 bits per heavy atom. The van der Waals surface area contributed by atoms with Gasteiger partial charge in [0.15, 0.2) is 11.5 Å². The number of aliphatic hydroxyl groups excluding tert-OH is 4. The molecule has 0 radical (unpaired) electrons. The monoisotopic (exact) mass is 711 g/mol. The van der Waals surface area contributed by atoms with E-state index in [0.29, 0.717) is 31.0 Å². The number of hydrogen-bond acceptors (Lipinski definition) is 8. The van der Waals surface area contributed by atoms with Crippen molar-refractivity contribution < 1.29 is 30.3 Å². The Bertz CT molecular complexity index is 1680. The van der Waals surface area contributed by atoms with Gasteiger partial charge in [-0.25, -0.2) is 4.98 Å². The number of ether oxygens (including phenoxy) is 1. The third-order valence-electron chi connectivity index (χ3n) is 12.1. The second-order valence-corrected chi connectivity index (χ2v) is 15.4. The van der Waals surface area contributed by atoms with Crippen LogP contribution >= 0.6 is 0 Å². The Morgan fingerprint density at radius 2 is 1.81 bits per heavy atom. The van der Waals surface area contributed by atoms with Gasteiger partial charge in [0.05, 0.1) is 18.8 Å². The summed E-state index contributed by atoms with van der Waals surface area (Å²) < 4.78 is 6.55. The molecular formula is C43H57N3O6. The van der Waals surface area contributed by atoms with Crippen LogP contribution < -0.4 is 10.5 Å². The Balaban J connectivity index is 1.32. The largest absolute Gasteiger partial charge is 0.504 e. The second-order valence-electron chi connectivity index (χ2n) is 15.4. The number of nitrogens with zero attached hydrogens (tertiary/aromatic N) is 1. The molecule has 1 aromatic carbocycles. The Morgan fingerprint density at radius 1 is 1.00 bits per heavy atom. The van der Waals surface area contributed by atoms with E-state index in [1.54, 1.807) is 18.3 Å². The first-order valence-corrected chi connectivity index (χ1v) is 19.4. The van der Waals surface area contributed by atoms with E-state index < -0.39 is 36.9 Å². The van der Waals surface area contributed by atoms with Gasteiger partial charge in [0.25, 0.3) is 0 Å². The van der Waals surface area contributed by atoms with Crippen LogP contribution in [0.2, 0.25) is 0 Å². The Labute approximate surface area is 308 Å². The Hall–Kier alpha value is -3.81. The maximum Gasteiger partial charge on any atom is 0.161 e. The number of allylic oxidation sites excluding steroid dienone is 2. The highest BCUT2D eigenvalue weighted by Crippen LogP contribution is 2.51. The molecule has 9 nitrogen and oxygen atoms in total. The first kappa shape index (κ1) is 37.9. The number of nitrogen functional groups attached to an aromatic ring is 1. The zero-order valence-corrected chi connectivity index (χ0v) is 30.4. The van der Waals surface area contributed by atoms with Crippen LogP contribution in [0, 0.1) is 29.6 Å². The summed E-state index contributed by atoms with van der Waals surface area (Å²) in [6.07, 6.45) is 14.6. The van der Waals surface area contributed by atoms with E-state index in [9.17, 15) is 25.5 Å². The standard InChI is InChI=1S/C43H57N3O6/c1-2-28-9-4-5-10-35(49)42-29(13-12-28)14-15-30(23-36(42)50)31-16-17-34(48)38(24-31)52-39(37(51)27-47)26-33(32-18-22-46-41(44)25-32)43(19-6-3-7-20-43)40-11-8-21-45-40/h8,11,14-18,21-22,24-25,28-30,33,35-37,39,42,45,47-51H,2-7,9-10,19-20,23,26-27H2,1H3,(H2,44,46). The first-order chi connectivity index (χ1) is 25.2. The molecule has 1 saturated carbocycles. The average molecular weight is 712 g/mol. The number of anilines is 1. The number of aromatic amines is 1. The van der Waals surface area contributed by atoms with Crippen LogP contribution in [0.1, 0.15) is 113 Å². The van der Waals surface area contributed by atoms with Gasteiger partial charge in [-0.1, -0.05) is 69.1 Å². The zero-order chi connectivity index (χ0) is 36.7. The number of benzene rings is 1. The summed E-state index contributed by atoms with van der Waals surface area (Å²) >= 11 is 0. The van der Waals surface area contributed by atoms with Crippen LogP contribution in [0.25, 0.3) is 0 Å². The summed E-state index contributed by atoms with van der Waals surface area (Å²) in [5, 5.41) is 55.5. The van der Waals surface area contributed by atoms with Gasteiger partial charge in [0, 0.05) is 47.2 Å². The smallest absolute Gasteiger partial charge is 0.161 e. The minimum Gasteiger partial charge on any atom is -0.504 e. The summed E-state index contributed by atoms with van der Waals surface area (Å²) in [4.78, 5) is 7.74. The molecule has 9 unspecified atom stereocenters. The highest BCUT2D eigenvalue weighted by atomic mass is 16.5. The average Bonchev–Trinajstić information content (AvgIpc) is 3.65. The maximum absolute atomic E-state index is 11.6. The molecule has 2 heterocycles. The molecule has 52 heavy (non-hydrogen) atoms. The van der Waals surface area contributed by atoms with Gasteiger partial charge in [-0.3, -0.25) is 0 Å². The highest BCUT2D eigenvalue weighted by molar-refractivity contribution is 5.45. The van der Waals surface area contributed by atoms with Crippen molar-refractivity contribution in [3.05, 3.63) is 83.8 Å². The van der Waals surface area contributed by atoms with Crippen molar-refractivity contribution in [2.45, 2.75) is 126 Å². The zero-order valence-electron chi connectivity index (χ0n) is 30.4. The normalized spacial score (nSPS) is 27.9. The van der Waals surface area contributed by atoms with E-state index in [2.05, 4.69) is 40.9 Å². The first-order valence-electron chi connectivity index (χ1n) is 19.4. The number of phenolic OH excluding ortho intramolecular Hbond substituents is 1. The summed E-state index contributed by atoms with van der Waals surface area (Å²) in [5.74, 6) is 6.65. The molecule has 2 aromatic heterocycles. The van der Waals surface area contributed by atoms with Gasteiger partial charge in [0.1, 0.15) is 18.0 Å². The molecule has 0 bridgehead atoms. The van der Waals surface area contributed by atoms with Crippen molar-refractivity contribution in [3.63, 3.8) is 0 Å². The van der Waals surface area contributed by atoms with Crippen LogP contribution in [0.3, 0.4) is 0 Å². The van der Waals surface area contributed by atoms with Crippen LogP contribution in [0.5, 0.6) is 11.5 Å². The molecule has 280 valence electrons. The number of nitrogens with one attached hydrogen (secondary N) is 1. The maximum atomic E-state index is 11.6. The minimum atomic E-state index is -1.23. The van der Waals surface area contributed by atoms with E-state index in [0.717, 1.165) is 74.6 Å². The van der Waals surface area contributed by atoms with Crippen LogP contribution in [-0.2, 0) is 5.41 Å². The summed E-state index contributed by atoms with van der Waals surface area (Å²) in [7, 11) is 0. The molecule has 0 spiro atoms. The fourth-order valence-electron chi connectivity index (χ4n) is 9.18. The molecule has 9 atom stereocenters. The molecule has 8 N–H and O–H groups in total.